The van der Waals surface area contributed by atoms with Crippen molar-refractivity contribution in [3.8, 4) is 0 Å². The van der Waals surface area contributed by atoms with Crippen molar-refractivity contribution in [2.24, 2.45) is 0 Å². The minimum atomic E-state index is -3.35. The Morgan fingerprint density at radius 1 is 0.947 bits per heavy atom. The Morgan fingerprint density at radius 3 is 2.29 bits per heavy atom. The third-order valence-corrected chi connectivity index (χ3v) is 8.15. The van der Waals surface area contributed by atoms with Gasteiger partial charge in [-0.05, 0) is 37.1 Å². The first kappa shape index (κ1) is 25.7. The minimum absolute atomic E-state index is 0.00860. The Morgan fingerprint density at radius 2 is 1.66 bits per heavy atom. The number of benzene rings is 3. The van der Waals surface area contributed by atoms with E-state index < -0.39 is 15.9 Å². The zero-order valence-corrected chi connectivity index (χ0v) is 22.5. The molecule has 2 atom stereocenters. The maximum atomic E-state index is 14.2. The lowest BCUT2D eigenvalue weighted by atomic mass is 9.88. The number of hydrazine groups is 1. The molecule has 0 bridgehead atoms. The molecule has 0 spiro atoms. The largest absolute Gasteiger partial charge is 0.374 e. The summed E-state index contributed by atoms with van der Waals surface area (Å²) in [6.07, 6.45) is 3.20. The number of sulfone groups is 1. The third kappa shape index (κ3) is 5.06. The van der Waals surface area contributed by atoms with Crippen molar-refractivity contribution >= 4 is 33.7 Å². The molecule has 3 aromatic carbocycles. The minimum Gasteiger partial charge on any atom is -0.353 e. The molecule has 1 fully saturated rings. The summed E-state index contributed by atoms with van der Waals surface area (Å²) in [6, 6.07) is 22.2. The third-order valence-electron chi connectivity index (χ3n) is 7.02. The second-order valence-electron chi connectivity index (χ2n) is 9.95. The normalized spacial score (nSPS) is 19.8. The summed E-state index contributed by atoms with van der Waals surface area (Å²) in [7, 11) is -3.35. The Labute approximate surface area is 223 Å². The van der Waals surface area contributed by atoms with Gasteiger partial charge in [0.25, 0.3) is 0 Å². The van der Waals surface area contributed by atoms with Crippen LogP contribution in [0.5, 0.6) is 0 Å². The first-order valence-electron chi connectivity index (χ1n) is 12.5. The lowest BCUT2D eigenvalue weighted by molar-refractivity contribution is -0.596. The molecule has 196 valence electrons. The summed E-state index contributed by atoms with van der Waals surface area (Å²) >= 11 is 0. The Kier molecular flexibility index (Phi) is 6.79. The maximum absolute atomic E-state index is 14.2. The summed E-state index contributed by atoms with van der Waals surface area (Å²) < 4.78 is 26.0. The maximum Gasteiger partial charge on any atom is 0.374 e. The van der Waals surface area contributed by atoms with Crippen molar-refractivity contribution in [3.63, 3.8) is 0 Å². The first-order chi connectivity index (χ1) is 18.1. The summed E-state index contributed by atoms with van der Waals surface area (Å²) in [6.45, 7) is 4.83. The highest BCUT2D eigenvalue weighted by atomic mass is 32.2. The number of rotatable bonds is 4. The zero-order chi connectivity index (χ0) is 27.0. The highest BCUT2D eigenvalue weighted by Crippen LogP contribution is 2.42. The number of hydrogen-bond acceptors (Lipinski definition) is 4. The monoisotopic (exact) mass is 531 g/mol. The molecule has 2 aliphatic heterocycles. The summed E-state index contributed by atoms with van der Waals surface area (Å²) in [5, 5.41) is 4.52. The van der Waals surface area contributed by atoms with Gasteiger partial charge in [-0.15, -0.1) is 0 Å². The van der Waals surface area contributed by atoms with Gasteiger partial charge in [-0.1, -0.05) is 69.4 Å². The molecule has 8 nitrogen and oxygen atoms in total. The number of hydrogen-bond donors (Lipinski definition) is 1. The van der Waals surface area contributed by atoms with E-state index in [1.165, 1.54) is 6.26 Å². The Balaban J connectivity index is 1.67. The summed E-state index contributed by atoms with van der Waals surface area (Å²) in [5.41, 5.74) is 4.81. The van der Waals surface area contributed by atoms with Gasteiger partial charge in [0.2, 0.25) is 11.6 Å². The molecule has 0 aliphatic carbocycles. The summed E-state index contributed by atoms with van der Waals surface area (Å²) in [4.78, 5) is 28.2. The van der Waals surface area contributed by atoms with Gasteiger partial charge in [0.15, 0.2) is 16.1 Å². The van der Waals surface area contributed by atoms with Crippen LogP contribution in [-0.2, 0) is 14.6 Å². The van der Waals surface area contributed by atoms with E-state index in [2.05, 4.69) is 11.4 Å². The van der Waals surface area contributed by atoms with E-state index in [0.29, 0.717) is 13.1 Å². The number of urea groups is 1. The van der Waals surface area contributed by atoms with Crippen molar-refractivity contribution < 1.29 is 22.7 Å². The molecule has 1 saturated heterocycles. The molecule has 9 heteroatoms. The van der Waals surface area contributed by atoms with E-state index in [9.17, 15) is 18.0 Å². The highest BCUT2D eigenvalue weighted by molar-refractivity contribution is 7.90. The average Bonchev–Trinajstić information content (AvgIpc) is 3.29. The van der Waals surface area contributed by atoms with Gasteiger partial charge in [-0.2, -0.15) is 0 Å². The van der Waals surface area contributed by atoms with Crippen molar-refractivity contribution in [2.45, 2.75) is 30.7 Å². The Hall–Kier alpha value is -3.98. The van der Waals surface area contributed by atoms with Gasteiger partial charge >= 0.3 is 6.03 Å². The van der Waals surface area contributed by atoms with Crippen molar-refractivity contribution in [1.29, 1.82) is 0 Å². The van der Waals surface area contributed by atoms with Crippen LogP contribution < -0.4 is 5.32 Å². The van der Waals surface area contributed by atoms with Crippen molar-refractivity contribution in [1.82, 2.24) is 15.2 Å². The smallest absolute Gasteiger partial charge is 0.353 e. The molecule has 0 saturated carbocycles. The van der Waals surface area contributed by atoms with Crippen LogP contribution in [-0.4, -0.2) is 67.1 Å². The lowest BCUT2D eigenvalue weighted by Crippen LogP contribution is -2.55. The fourth-order valence-corrected chi connectivity index (χ4v) is 5.70. The van der Waals surface area contributed by atoms with E-state index in [-0.39, 0.29) is 29.3 Å². The number of carbonyl (C=O) groups excluding carboxylic acids is 2. The van der Waals surface area contributed by atoms with Crippen LogP contribution in [0.4, 0.5) is 10.5 Å². The molecule has 1 N–H and O–H groups in total. The van der Waals surface area contributed by atoms with Gasteiger partial charge in [-0.25, -0.2) is 13.2 Å². The predicted octanol–water partition coefficient (Wildman–Crippen LogP) is 3.73. The molecule has 2 heterocycles. The number of piperazine rings is 1. The number of carbonyl (C=O) groups is 2. The lowest BCUT2D eigenvalue weighted by Gasteiger charge is -2.32. The number of nitrogens with one attached hydrogen (secondary N) is 1. The van der Waals surface area contributed by atoms with Gasteiger partial charge in [0.1, 0.15) is 12.6 Å². The average molecular weight is 532 g/mol. The van der Waals surface area contributed by atoms with E-state index in [1.807, 2.05) is 79.3 Å². The molecule has 0 aromatic heterocycles. The second-order valence-corrected chi connectivity index (χ2v) is 12.0. The van der Waals surface area contributed by atoms with Crippen molar-refractivity contribution in [2.75, 3.05) is 25.9 Å². The molecule has 5 rings (SSSR count). The number of nitrogens with zero attached hydrogens (tertiary/aromatic N) is 3. The number of hydrazone groups is 1. The van der Waals surface area contributed by atoms with Crippen LogP contribution in [0.3, 0.4) is 0 Å². The number of aryl methyl sites for hydroxylation is 2. The second kappa shape index (κ2) is 10.1. The van der Waals surface area contributed by atoms with E-state index >= 15 is 0 Å². The van der Waals surface area contributed by atoms with Crippen LogP contribution >= 0.6 is 0 Å². The Bertz CT molecular complexity index is 1510. The molecule has 2 unspecified atom stereocenters. The van der Waals surface area contributed by atoms with Gasteiger partial charge in [0.05, 0.1) is 10.8 Å². The topological polar surface area (TPSA) is 89.8 Å². The van der Waals surface area contributed by atoms with Crippen LogP contribution in [0, 0.1) is 13.8 Å². The van der Waals surface area contributed by atoms with Gasteiger partial charge < -0.3 is 10.2 Å². The molecule has 38 heavy (non-hydrogen) atoms. The molecule has 2 aliphatic rings. The first-order valence-corrected chi connectivity index (χ1v) is 14.4. The number of amides is 3. The van der Waals surface area contributed by atoms with Gasteiger partial charge in [0, 0.05) is 31.5 Å². The van der Waals surface area contributed by atoms with E-state index in [0.717, 1.165) is 27.9 Å². The van der Waals surface area contributed by atoms with Crippen LogP contribution in [0.2, 0.25) is 0 Å². The van der Waals surface area contributed by atoms with Crippen molar-refractivity contribution in [3.05, 3.63) is 95.1 Å². The molecule has 3 aromatic rings. The SMILES string of the molecule is Cc1ccc([N+]2=CC(c3ccc(S(C)(=O)=O)cc3)C(c3cccc(C)c3)N2C(=O)N2CCNC(=O)C2)cc1. The van der Waals surface area contributed by atoms with Crippen LogP contribution in [0.15, 0.2) is 77.7 Å². The zero-order valence-electron chi connectivity index (χ0n) is 21.7. The van der Waals surface area contributed by atoms with Crippen LogP contribution in [0.1, 0.15) is 34.2 Å². The van der Waals surface area contributed by atoms with Gasteiger partial charge in [-0.3, -0.25) is 4.79 Å². The molecule has 3 amide bonds. The van der Waals surface area contributed by atoms with E-state index in [4.69, 9.17) is 0 Å². The summed E-state index contributed by atoms with van der Waals surface area (Å²) in [5.74, 6) is -0.455. The van der Waals surface area contributed by atoms with E-state index in [1.54, 1.807) is 22.0 Å². The van der Waals surface area contributed by atoms with Crippen LogP contribution in [0.25, 0.3) is 0 Å². The molecule has 0 radical (unpaired) electrons. The fraction of sp³-hybridized carbons (Fsp3) is 0.276. The predicted molar refractivity (Wildman–Crippen MR) is 145 cm³/mol. The molecular formula is C29H31N4O4S+. The highest BCUT2D eigenvalue weighted by Gasteiger charge is 2.49. The quantitative estimate of drug-likeness (QED) is 0.520. The fourth-order valence-electron chi connectivity index (χ4n) is 5.07. The standard InChI is InChI=1S/C29H30N4O4S/c1-20-7-11-24(12-8-20)32-18-26(22-9-13-25(14-10-22)38(3,36)37)28(23-6-4-5-21(2)17-23)33(32)29(35)31-16-15-30-27(34)19-31/h4-14,17-18,26,28H,15-16,19H2,1-3H3/p+1. The molecular weight excluding hydrogens is 500 g/mol.